The van der Waals surface area contributed by atoms with Gasteiger partial charge in [0.25, 0.3) is 0 Å². The SMILES string of the molecule is C[C@@H]1CN(c2nc(N3CCOCC3)c3[nH]c(-c4ccccc4)nc3n2)C[C@H](C)O1. The molecule has 8 heteroatoms. The summed E-state index contributed by atoms with van der Waals surface area (Å²) in [7, 11) is 0. The molecule has 2 fully saturated rings. The van der Waals surface area contributed by atoms with Crippen molar-refractivity contribution in [2.75, 3.05) is 49.2 Å². The fourth-order valence-electron chi connectivity index (χ4n) is 4.09. The van der Waals surface area contributed by atoms with E-state index in [1.807, 2.05) is 30.3 Å². The lowest BCUT2D eigenvalue weighted by molar-refractivity contribution is -0.00570. The van der Waals surface area contributed by atoms with E-state index in [2.05, 4.69) is 28.6 Å². The van der Waals surface area contributed by atoms with Gasteiger partial charge in [0.05, 0.1) is 25.4 Å². The van der Waals surface area contributed by atoms with Crippen LogP contribution in [0.5, 0.6) is 0 Å². The van der Waals surface area contributed by atoms with Crippen LogP contribution in [0.4, 0.5) is 11.8 Å². The minimum Gasteiger partial charge on any atom is -0.378 e. The number of anilines is 2. The number of rotatable bonds is 3. The lowest BCUT2D eigenvalue weighted by Crippen LogP contribution is -2.46. The van der Waals surface area contributed by atoms with E-state index in [1.165, 1.54) is 0 Å². The van der Waals surface area contributed by atoms with Crippen LogP contribution < -0.4 is 9.80 Å². The van der Waals surface area contributed by atoms with Gasteiger partial charge in [-0.15, -0.1) is 0 Å². The zero-order valence-electron chi connectivity index (χ0n) is 16.8. The Hall–Kier alpha value is -2.71. The summed E-state index contributed by atoms with van der Waals surface area (Å²) in [6.07, 6.45) is 0.285. The molecular formula is C21H26N6O2. The second-order valence-electron chi connectivity index (χ2n) is 7.76. The van der Waals surface area contributed by atoms with Crippen LogP contribution in [0.3, 0.4) is 0 Å². The fraction of sp³-hybridized carbons (Fsp3) is 0.476. The first-order valence-corrected chi connectivity index (χ1v) is 10.2. The Morgan fingerprint density at radius 3 is 2.38 bits per heavy atom. The number of hydrogen-bond acceptors (Lipinski definition) is 7. The molecule has 0 amide bonds. The molecule has 0 spiro atoms. The molecule has 2 saturated heterocycles. The standard InChI is InChI=1S/C21H26N6O2/c1-14-12-27(13-15(2)29-14)21-24-19-17(20(25-21)26-8-10-28-11-9-26)22-18(23-19)16-6-4-3-5-7-16/h3-7,14-15H,8-13H2,1-2H3,(H,22,23,24,25)/t14-,15+. The molecule has 152 valence electrons. The second kappa shape index (κ2) is 7.61. The predicted molar refractivity (Wildman–Crippen MR) is 112 cm³/mol. The van der Waals surface area contributed by atoms with Crippen molar-refractivity contribution in [3.05, 3.63) is 30.3 Å². The molecule has 1 N–H and O–H groups in total. The summed E-state index contributed by atoms with van der Waals surface area (Å²) in [5.41, 5.74) is 2.61. The summed E-state index contributed by atoms with van der Waals surface area (Å²) in [6.45, 7) is 8.74. The molecule has 2 aliphatic heterocycles. The highest BCUT2D eigenvalue weighted by molar-refractivity contribution is 5.87. The van der Waals surface area contributed by atoms with Crippen molar-refractivity contribution in [3.8, 4) is 11.4 Å². The molecule has 2 atom stereocenters. The highest BCUT2D eigenvalue weighted by Gasteiger charge is 2.27. The average molecular weight is 394 g/mol. The molecule has 0 unspecified atom stereocenters. The van der Waals surface area contributed by atoms with Crippen molar-refractivity contribution in [1.82, 2.24) is 19.9 Å². The minimum absolute atomic E-state index is 0.143. The normalized spacial score (nSPS) is 23.0. The number of aromatic nitrogens is 4. The topological polar surface area (TPSA) is 79.4 Å². The van der Waals surface area contributed by atoms with Crippen molar-refractivity contribution in [2.45, 2.75) is 26.1 Å². The first kappa shape index (κ1) is 18.3. The lowest BCUT2D eigenvalue weighted by Gasteiger charge is -2.36. The first-order chi connectivity index (χ1) is 14.2. The van der Waals surface area contributed by atoms with Crippen molar-refractivity contribution < 1.29 is 9.47 Å². The van der Waals surface area contributed by atoms with Crippen LogP contribution in [0.1, 0.15) is 13.8 Å². The Bertz CT molecular complexity index is 976. The molecule has 0 aliphatic carbocycles. The Morgan fingerprint density at radius 1 is 0.931 bits per heavy atom. The van der Waals surface area contributed by atoms with Gasteiger partial charge in [0.15, 0.2) is 11.5 Å². The largest absolute Gasteiger partial charge is 0.378 e. The van der Waals surface area contributed by atoms with Gasteiger partial charge in [-0.3, -0.25) is 0 Å². The van der Waals surface area contributed by atoms with E-state index in [0.717, 1.165) is 48.9 Å². The molecular weight excluding hydrogens is 368 g/mol. The number of nitrogens with zero attached hydrogens (tertiary/aromatic N) is 5. The maximum absolute atomic E-state index is 5.89. The van der Waals surface area contributed by atoms with Crippen molar-refractivity contribution >= 4 is 22.9 Å². The number of morpholine rings is 2. The fourth-order valence-corrected chi connectivity index (χ4v) is 4.09. The van der Waals surface area contributed by atoms with Gasteiger partial charge in [0.1, 0.15) is 11.3 Å². The predicted octanol–water partition coefficient (Wildman–Crippen LogP) is 2.47. The average Bonchev–Trinajstić information content (AvgIpc) is 3.18. The molecule has 5 rings (SSSR count). The Kier molecular flexibility index (Phi) is 4.81. The van der Waals surface area contributed by atoms with Gasteiger partial charge in [-0.2, -0.15) is 9.97 Å². The number of ether oxygens (including phenoxy) is 2. The Balaban J connectivity index is 1.61. The van der Waals surface area contributed by atoms with Gasteiger partial charge < -0.3 is 24.3 Å². The Morgan fingerprint density at radius 2 is 1.66 bits per heavy atom. The third-order valence-corrected chi connectivity index (χ3v) is 5.38. The maximum Gasteiger partial charge on any atom is 0.229 e. The zero-order valence-corrected chi connectivity index (χ0v) is 16.8. The molecule has 0 radical (unpaired) electrons. The lowest BCUT2D eigenvalue weighted by atomic mass is 10.2. The summed E-state index contributed by atoms with van der Waals surface area (Å²) in [4.78, 5) is 22.6. The molecule has 3 aromatic rings. The minimum atomic E-state index is 0.143. The van der Waals surface area contributed by atoms with E-state index in [9.17, 15) is 0 Å². The van der Waals surface area contributed by atoms with Crippen LogP contribution >= 0.6 is 0 Å². The van der Waals surface area contributed by atoms with Crippen LogP contribution in [-0.2, 0) is 9.47 Å². The number of imidazole rings is 1. The highest BCUT2D eigenvalue weighted by atomic mass is 16.5. The van der Waals surface area contributed by atoms with E-state index in [0.29, 0.717) is 24.8 Å². The van der Waals surface area contributed by atoms with Gasteiger partial charge in [-0.05, 0) is 13.8 Å². The summed E-state index contributed by atoms with van der Waals surface area (Å²) in [6, 6.07) is 10.1. The van der Waals surface area contributed by atoms with E-state index < -0.39 is 0 Å². The molecule has 1 aromatic carbocycles. The van der Waals surface area contributed by atoms with Crippen LogP contribution in [0.2, 0.25) is 0 Å². The molecule has 8 nitrogen and oxygen atoms in total. The second-order valence-corrected chi connectivity index (χ2v) is 7.76. The zero-order chi connectivity index (χ0) is 19.8. The van der Waals surface area contributed by atoms with Crippen molar-refractivity contribution in [3.63, 3.8) is 0 Å². The molecule has 2 aliphatic rings. The summed E-state index contributed by atoms with van der Waals surface area (Å²) in [5.74, 6) is 2.42. The van der Waals surface area contributed by atoms with E-state index in [1.54, 1.807) is 0 Å². The van der Waals surface area contributed by atoms with Crippen LogP contribution in [0.15, 0.2) is 30.3 Å². The van der Waals surface area contributed by atoms with Crippen molar-refractivity contribution in [2.24, 2.45) is 0 Å². The summed E-state index contributed by atoms with van der Waals surface area (Å²) in [5, 5.41) is 0. The van der Waals surface area contributed by atoms with Crippen LogP contribution in [0.25, 0.3) is 22.6 Å². The number of benzene rings is 1. The molecule has 29 heavy (non-hydrogen) atoms. The van der Waals surface area contributed by atoms with Crippen molar-refractivity contribution in [1.29, 1.82) is 0 Å². The van der Waals surface area contributed by atoms with Crippen LogP contribution in [0, 0.1) is 0 Å². The van der Waals surface area contributed by atoms with Crippen LogP contribution in [-0.4, -0.2) is 71.5 Å². The number of aromatic amines is 1. The third-order valence-electron chi connectivity index (χ3n) is 5.38. The monoisotopic (exact) mass is 394 g/mol. The highest BCUT2D eigenvalue weighted by Crippen LogP contribution is 2.29. The maximum atomic E-state index is 5.89. The van der Waals surface area contributed by atoms with Gasteiger partial charge in [0.2, 0.25) is 5.95 Å². The summed E-state index contributed by atoms with van der Waals surface area (Å²) < 4.78 is 11.4. The van der Waals surface area contributed by atoms with Gasteiger partial charge >= 0.3 is 0 Å². The number of hydrogen-bond donors (Lipinski definition) is 1. The van der Waals surface area contributed by atoms with E-state index in [4.69, 9.17) is 24.4 Å². The quantitative estimate of drug-likeness (QED) is 0.731. The molecule has 0 saturated carbocycles. The third kappa shape index (κ3) is 3.65. The summed E-state index contributed by atoms with van der Waals surface area (Å²) >= 11 is 0. The number of H-pyrrole nitrogens is 1. The molecule has 2 aromatic heterocycles. The molecule has 4 heterocycles. The van der Waals surface area contributed by atoms with Gasteiger partial charge in [-0.25, -0.2) is 4.98 Å². The smallest absolute Gasteiger partial charge is 0.229 e. The van der Waals surface area contributed by atoms with Gasteiger partial charge in [0, 0.05) is 31.7 Å². The number of fused-ring (bicyclic) bond motifs is 1. The molecule has 0 bridgehead atoms. The Labute approximate surface area is 169 Å². The number of nitrogens with one attached hydrogen (secondary N) is 1. The van der Waals surface area contributed by atoms with E-state index in [-0.39, 0.29) is 12.2 Å². The van der Waals surface area contributed by atoms with E-state index >= 15 is 0 Å². The van der Waals surface area contributed by atoms with Gasteiger partial charge in [-0.1, -0.05) is 30.3 Å². The first-order valence-electron chi connectivity index (χ1n) is 10.2.